The number of carbonyl (C=O) groups excluding carboxylic acids is 1. The molecule has 0 heterocycles. The van der Waals surface area contributed by atoms with Crippen LogP contribution in [0.4, 0.5) is 0 Å². The number of hydrogen-bond donors (Lipinski definition) is 0. The molecule has 1 rings (SSSR count). The summed E-state index contributed by atoms with van der Waals surface area (Å²) in [6.45, 7) is 3.73. The van der Waals surface area contributed by atoms with Crippen LogP contribution in [-0.2, 0) is 4.79 Å². The fourth-order valence-corrected chi connectivity index (χ4v) is 2.22. The molecule has 0 saturated heterocycles. The third-order valence-corrected chi connectivity index (χ3v) is 3.41. The van der Waals surface area contributed by atoms with Gasteiger partial charge >= 0.3 is 0 Å². The Morgan fingerprint density at radius 1 is 1.30 bits per heavy atom. The summed E-state index contributed by atoms with van der Waals surface area (Å²) in [5.74, 6) is 0.908. The molecule has 20 heavy (non-hydrogen) atoms. The molecule has 1 atom stereocenters. The van der Waals surface area contributed by atoms with Crippen molar-refractivity contribution in [1.82, 2.24) is 4.90 Å². The summed E-state index contributed by atoms with van der Waals surface area (Å²) < 4.78 is 5.16. The van der Waals surface area contributed by atoms with Gasteiger partial charge in [-0.25, -0.2) is 0 Å². The summed E-state index contributed by atoms with van der Waals surface area (Å²) in [7, 11) is 5.26. The average Bonchev–Trinajstić information content (AvgIpc) is 2.47. The minimum absolute atomic E-state index is 0.0688. The van der Waals surface area contributed by atoms with Crippen molar-refractivity contribution in [2.75, 3.05) is 21.2 Å². The van der Waals surface area contributed by atoms with Gasteiger partial charge in [-0.3, -0.25) is 4.79 Å². The van der Waals surface area contributed by atoms with E-state index in [1.54, 1.807) is 12.0 Å². The van der Waals surface area contributed by atoms with Gasteiger partial charge in [0.1, 0.15) is 5.75 Å². The number of benzene rings is 1. The van der Waals surface area contributed by atoms with Crippen LogP contribution < -0.4 is 4.74 Å². The summed E-state index contributed by atoms with van der Waals surface area (Å²) >= 11 is 0. The van der Waals surface area contributed by atoms with Gasteiger partial charge in [0, 0.05) is 14.1 Å². The third-order valence-electron chi connectivity index (χ3n) is 3.41. The number of allylic oxidation sites excluding steroid dienone is 1. The zero-order valence-electron chi connectivity index (χ0n) is 12.8. The van der Waals surface area contributed by atoms with E-state index < -0.39 is 0 Å². The van der Waals surface area contributed by atoms with Crippen LogP contribution in [0, 0.1) is 0 Å². The number of methoxy groups -OCH3 is 1. The zero-order chi connectivity index (χ0) is 15.0. The van der Waals surface area contributed by atoms with E-state index in [4.69, 9.17) is 4.74 Å². The van der Waals surface area contributed by atoms with Crippen LogP contribution in [0.25, 0.3) is 0 Å². The summed E-state index contributed by atoms with van der Waals surface area (Å²) in [4.78, 5) is 14.0. The molecule has 0 bridgehead atoms. The van der Waals surface area contributed by atoms with Gasteiger partial charge in [-0.05, 0) is 37.0 Å². The second-order valence-corrected chi connectivity index (χ2v) is 5.13. The minimum Gasteiger partial charge on any atom is -0.497 e. The number of unbranched alkanes of at least 4 members (excludes halogenated alkanes) is 2. The van der Waals surface area contributed by atoms with Gasteiger partial charge in [0.2, 0.25) is 5.91 Å². The normalized spacial score (nSPS) is 11.8. The lowest BCUT2D eigenvalue weighted by Gasteiger charge is -2.21. The largest absolute Gasteiger partial charge is 0.497 e. The van der Waals surface area contributed by atoms with E-state index in [2.05, 4.69) is 6.58 Å². The van der Waals surface area contributed by atoms with Gasteiger partial charge in [0.15, 0.2) is 0 Å². The fraction of sp³-hybridized carbons (Fsp3) is 0.471. The lowest BCUT2D eigenvalue weighted by molar-refractivity contribution is -0.130. The molecule has 0 spiro atoms. The molecule has 0 N–H and O–H groups in total. The highest BCUT2D eigenvalue weighted by Crippen LogP contribution is 2.26. The van der Waals surface area contributed by atoms with E-state index in [-0.39, 0.29) is 11.8 Å². The Labute approximate surface area is 122 Å². The van der Waals surface area contributed by atoms with Crippen LogP contribution in [0.3, 0.4) is 0 Å². The van der Waals surface area contributed by atoms with Crippen molar-refractivity contribution in [3.8, 4) is 5.75 Å². The average molecular weight is 275 g/mol. The standard InChI is InChI=1S/C17H25NO2/c1-5-6-7-8-9-16(17(19)18(2)3)14-10-12-15(20-4)13-11-14/h5,10-13,16H,1,6-9H2,2-4H3. The van der Waals surface area contributed by atoms with Crippen LogP contribution in [0.2, 0.25) is 0 Å². The van der Waals surface area contributed by atoms with Gasteiger partial charge in [-0.1, -0.05) is 24.6 Å². The first-order valence-electron chi connectivity index (χ1n) is 7.06. The number of carbonyl (C=O) groups is 1. The highest BCUT2D eigenvalue weighted by Gasteiger charge is 2.21. The Balaban J connectivity index is 2.79. The maximum Gasteiger partial charge on any atom is 0.229 e. The molecule has 0 radical (unpaired) electrons. The first-order chi connectivity index (χ1) is 9.60. The van der Waals surface area contributed by atoms with E-state index in [0.717, 1.165) is 37.0 Å². The van der Waals surface area contributed by atoms with E-state index >= 15 is 0 Å². The molecule has 3 nitrogen and oxygen atoms in total. The van der Waals surface area contributed by atoms with Crippen LogP contribution in [-0.4, -0.2) is 32.0 Å². The molecule has 0 aliphatic carbocycles. The summed E-state index contributed by atoms with van der Waals surface area (Å²) in [6, 6.07) is 7.79. The van der Waals surface area contributed by atoms with Crippen molar-refractivity contribution in [3.05, 3.63) is 42.5 Å². The molecule has 1 aromatic rings. The highest BCUT2D eigenvalue weighted by atomic mass is 16.5. The van der Waals surface area contributed by atoms with Crippen molar-refractivity contribution in [2.45, 2.75) is 31.6 Å². The Kier molecular flexibility index (Phi) is 6.85. The zero-order valence-corrected chi connectivity index (χ0v) is 12.8. The van der Waals surface area contributed by atoms with Crippen molar-refractivity contribution < 1.29 is 9.53 Å². The second-order valence-electron chi connectivity index (χ2n) is 5.13. The lowest BCUT2D eigenvalue weighted by Crippen LogP contribution is -2.28. The number of ether oxygens (including phenoxy) is 1. The first kappa shape index (κ1) is 16.3. The molecule has 1 amide bonds. The number of rotatable bonds is 8. The highest BCUT2D eigenvalue weighted by molar-refractivity contribution is 5.83. The molecule has 0 fully saturated rings. The summed E-state index contributed by atoms with van der Waals surface area (Å²) in [5, 5.41) is 0. The Morgan fingerprint density at radius 2 is 1.95 bits per heavy atom. The third kappa shape index (κ3) is 4.72. The molecule has 1 unspecified atom stereocenters. The second kappa shape index (κ2) is 8.41. The number of hydrogen-bond acceptors (Lipinski definition) is 2. The van der Waals surface area contributed by atoms with E-state index in [0.29, 0.717) is 0 Å². The number of likely N-dealkylation sites (N-methyl/N-ethyl adjacent to an activating group) is 1. The summed E-state index contributed by atoms with van der Waals surface area (Å²) in [6.07, 6.45) is 5.91. The van der Waals surface area contributed by atoms with Crippen LogP contribution >= 0.6 is 0 Å². The van der Waals surface area contributed by atoms with Gasteiger partial charge in [-0.15, -0.1) is 6.58 Å². The van der Waals surface area contributed by atoms with Crippen LogP contribution in [0.1, 0.15) is 37.2 Å². The Hall–Kier alpha value is -1.77. The van der Waals surface area contributed by atoms with Gasteiger partial charge < -0.3 is 9.64 Å². The number of nitrogens with zero attached hydrogens (tertiary/aromatic N) is 1. The van der Waals surface area contributed by atoms with Crippen LogP contribution in [0.15, 0.2) is 36.9 Å². The SMILES string of the molecule is C=CCCCCC(C(=O)N(C)C)c1ccc(OC)cc1. The molecule has 0 aliphatic heterocycles. The molecule has 3 heteroatoms. The van der Waals surface area contributed by atoms with Gasteiger partial charge in [0.25, 0.3) is 0 Å². The fourth-order valence-electron chi connectivity index (χ4n) is 2.22. The van der Waals surface area contributed by atoms with E-state index in [1.165, 1.54) is 0 Å². The molecular formula is C17H25NO2. The molecule has 1 aromatic carbocycles. The molecule has 110 valence electrons. The van der Waals surface area contributed by atoms with Gasteiger partial charge in [0.05, 0.1) is 13.0 Å². The first-order valence-corrected chi connectivity index (χ1v) is 7.06. The Bertz CT molecular complexity index is 423. The van der Waals surface area contributed by atoms with Crippen molar-refractivity contribution >= 4 is 5.91 Å². The maximum absolute atomic E-state index is 12.3. The summed E-state index contributed by atoms with van der Waals surface area (Å²) in [5.41, 5.74) is 1.06. The minimum atomic E-state index is -0.0688. The van der Waals surface area contributed by atoms with Crippen molar-refractivity contribution in [1.29, 1.82) is 0 Å². The molecule has 0 aliphatic rings. The van der Waals surface area contributed by atoms with Crippen molar-refractivity contribution in [2.24, 2.45) is 0 Å². The molecule has 0 saturated carbocycles. The smallest absolute Gasteiger partial charge is 0.229 e. The molecular weight excluding hydrogens is 250 g/mol. The van der Waals surface area contributed by atoms with E-state index in [9.17, 15) is 4.79 Å². The lowest BCUT2D eigenvalue weighted by atomic mass is 9.92. The predicted octanol–water partition coefficient (Wildman–Crippen LogP) is 3.61. The van der Waals surface area contributed by atoms with Gasteiger partial charge in [-0.2, -0.15) is 0 Å². The topological polar surface area (TPSA) is 29.5 Å². The predicted molar refractivity (Wildman–Crippen MR) is 83.1 cm³/mol. The van der Waals surface area contributed by atoms with E-state index in [1.807, 2.05) is 44.4 Å². The quantitative estimate of drug-likeness (QED) is 0.536. The van der Waals surface area contributed by atoms with Crippen LogP contribution in [0.5, 0.6) is 5.75 Å². The van der Waals surface area contributed by atoms with Crippen molar-refractivity contribution in [3.63, 3.8) is 0 Å². The number of amides is 1. The monoisotopic (exact) mass is 275 g/mol. The Morgan fingerprint density at radius 3 is 2.45 bits per heavy atom. The maximum atomic E-state index is 12.3. The molecule has 0 aromatic heterocycles.